The number of nitriles is 1. The Labute approximate surface area is 180 Å². The van der Waals surface area contributed by atoms with Gasteiger partial charge in [-0.3, -0.25) is 4.79 Å². The van der Waals surface area contributed by atoms with E-state index in [1.807, 2.05) is 0 Å². The van der Waals surface area contributed by atoms with Crippen LogP contribution >= 0.6 is 11.6 Å². The summed E-state index contributed by atoms with van der Waals surface area (Å²) >= 11 is 6.42. The molecule has 1 aliphatic rings. The number of aromatic nitrogens is 1. The number of hydrogen-bond donors (Lipinski definition) is 2. The molecule has 0 spiro atoms. The van der Waals surface area contributed by atoms with Crippen LogP contribution in [0.1, 0.15) is 36.0 Å². The van der Waals surface area contributed by atoms with Crippen LogP contribution in [0.25, 0.3) is 11.1 Å². The van der Waals surface area contributed by atoms with Gasteiger partial charge in [-0.15, -0.1) is 0 Å². The zero-order valence-corrected chi connectivity index (χ0v) is 17.8. The number of hydrogen-bond acceptors (Lipinski definition) is 5. The summed E-state index contributed by atoms with van der Waals surface area (Å²) in [5.41, 5.74) is 6.29. The van der Waals surface area contributed by atoms with Crippen molar-refractivity contribution in [3.05, 3.63) is 40.8 Å². The summed E-state index contributed by atoms with van der Waals surface area (Å²) in [5.74, 6) is 0.0375. The molecule has 3 N–H and O–H groups in total. The lowest BCUT2D eigenvalue weighted by Crippen LogP contribution is -2.24. The van der Waals surface area contributed by atoms with Crippen molar-refractivity contribution in [3.63, 3.8) is 0 Å². The summed E-state index contributed by atoms with van der Waals surface area (Å²) in [4.78, 5) is 18.0. The van der Waals surface area contributed by atoms with Crippen LogP contribution in [0.3, 0.4) is 0 Å². The first-order valence-electron chi connectivity index (χ1n) is 9.90. The molecular weight excluding hydrogens is 405 g/mol. The number of anilines is 2. The molecule has 1 amide bonds. The highest BCUT2D eigenvalue weighted by atomic mass is 35.5. The zero-order valence-electron chi connectivity index (χ0n) is 17.1. The maximum atomic E-state index is 15.1. The molecule has 1 heterocycles. The Balaban J connectivity index is 1.77. The summed E-state index contributed by atoms with van der Waals surface area (Å²) in [6.45, 7) is 0.749. The molecule has 1 fully saturated rings. The van der Waals surface area contributed by atoms with E-state index in [1.54, 1.807) is 6.07 Å². The lowest BCUT2D eigenvalue weighted by molar-refractivity contribution is 0.0824. The van der Waals surface area contributed by atoms with E-state index < -0.39 is 11.7 Å². The largest absolute Gasteiger partial charge is 0.398 e. The van der Waals surface area contributed by atoms with E-state index in [0.717, 1.165) is 32.2 Å². The Morgan fingerprint density at radius 3 is 2.63 bits per heavy atom. The van der Waals surface area contributed by atoms with Gasteiger partial charge < -0.3 is 16.0 Å². The number of benzene rings is 1. The molecule has 30 heavy (non-hydrogen) atoms. The Kier molecular flexibility index (Phi) is 6.78. The molecule has 0 saturated heterocycles. The number of carbonyl (C=O) groups excluding carboxylic acids is 1. The van der Waals surface area contributed by atoms with Gasteiger partial charge in [0.15, 0.2) is 0 Å². The van der Waals surface area contributed by atoms with Crippen molar-refractivity contribution in [1.29, 1.82) is 5.26 Å². The molecule has 1 aromatic carbocycles. The van der Waals surface area contributed by atoms with Gasteiger partial charge in [0, 0.05) is 49.6 Å². The summed E-state index contributed by atoms with van der Waals surface area (Å²) in [7, 11) is 3.07. The molecule has 3 rings (SSSR count). The quantitative estimate of drug-likeness (QED) is 0.679. The second kappa shape index (κ2) is 9.31. The fraction of sp³-hybridized carbons (Fsp3) is 0.409. The average Bonchev–Trinajstić information content (AvgIpc) is 2.73. The normalized spacial score (nSPS) is 18.5. The number of halogens is 2. The molecule has 0 unspecified atom stereocenters. The van der Waals surface area contributed by atoms with E-state index in [-0.39, 0.29) is 22.7 Å². The summed E-state index contributed by atoms with van der Waals surface area (Å²) in [6, 6.07) is 6.99. The van der Waals surface area contributed by atoms with Gasteiger partial charge in [-0.2, -0.15) is 5.26 Å². The Bertz CT molecular complexity index is 980. The molecule has 1 saturated carbocycles. The van der Waals surface area contributed by atoms with Crippen LogP contribution in [0, 0.1) is 29.0 Å². The van der Waals surface area contributed by atoms with Crippen molar-refractivity contribution in [3.8, 4) is 17.2 Å². The maximum absolute atomic E-state index is 15.1. The Hall–Kier alpha value is -2.85. The molecule has 0 atom stereocenters. The fourth-order valence-electron chi connectivity index (χ4n) is 3.71. The van der Waals surface area contributed by atoms with Crippen LogP contribution in [-0.2, 0) is 0 Å². The topological polar surface area (TPSA) is 95.0 Å². The van der Waals surface area contributed by atoms with E-state index in [1.165, 1.54) is 37.3 Å². The van der Waals surface area contributed by atoms with E-state index in [4.69, 9.17) is 22.6 Å². The highest BCUT2D eigenvalue weighted by Crippen LogP contribution is 2.34. The molecule has 0 aliphatic heterocycles. The molecule has 1 aromatic heterocycles. The minimum absolute atomic E-state index is 0.0726. The molecule has 6 nitrogen and oxygen atoms in total. The SMILES string of the molecule is CN(C)C(=O)c1c(N)ccc(-c2cnc(NCC3CCC(C#N)CC3)cc2Cl)c1F. The van der Waals surface area contributed by atoms with Gasteiger partial charge in [-0.1, -0.05) is 11.6 Å². The van der Waals surface area contributed by atoms with E-state index in [2.05, 4.69) is 16.4 Å². The van der Waals surface area contributed by atoms with E-state index in [9.17, 15) is 4.79 Å². The maximum Gasteiger partial charge on any atom is 0.258 e. The molecule has 1 aliphatic carbocycles. The van der Waals surface area contributed by atoms with Gasteiger partial charge >= 0.3 is 0 Å². The molecule has 158 valence electrons. The lowest BCUT2D eigenvalue weighted by Gasteiger charge is -2.25. The Morgan fingerprint density at radius 2 is 2.03 bits per heavy atom. The van der Waals surface area contributed by atoms with Gasteiger partial charge in [0.05, 0.1) is 16.7 Å². The van der Waals surface area contributed by atoms with Gasteiger partial charge in [-0.05, 0) is 49.8 Å². The third-order valence-electron chi connectivity index (χ3n) is 5.54. The summed E-state index contributed by atoms with van der Waals surface area (Å²) in [5, 5.41) is 12.6. The first kappa shape index (κ1) is 21.8. The van der Waals surface area contributed by atoms with Crippen LogP contribution in [0.4, 0.5) is 15.9 Å². The number of nitrogens with zero attached hydrogens (tertiary/aromatic N) is 3. The lowest BCUT2D eigenvalue weighted by atomic mass is 9.83. The van der Waals surface area contributed by atoms with Crippen LogP contribution < -0.4 is 11.1 Å². The van der Waals surface area contributed by atoms with Gasteiger partial charge in [-0.25, -0.2) is 9.37 Å². The number of amides is 1. The van der Waals surface area contributed by atoms with Crippen molar-refractivity contribution in [2.24, 2.45) is 11.8 Å². The Morgan fingerprint density at radius 1 is 1.33 bits per heavy atom. The third-order valence-corrected chi connectivity index (χ3v) is 5.85. The molecule has 2 aromatic rings. The smallest absolute Gasteiger partial charge is 0.258 e. The van der Waals surface area contributed by atoms with Crippen LogP contribution in [0.5, 0.6) is 0 Å². The zero-order chi connectivity index (χ0) is 21.8. The molecular formula is C22H25ClFN5O. The number of nitrogens with two attached hydrogens (primary N) is 1. The summed E-state index contributed by atoms with van der Waals surface area (Å²) < 4.78 is 15.1. The van der Waals surface area contributed by atoms with Crippen molar-refractivity contribution in [1.82, 2.24) is 9.88 Å². The molecule has 8 heteroatoms. The van der Waals surface area contributed by atoms with Crippen LogP contribution in [0.15, 0.2) is 24.4 Å². The highest BCUT2D eigenvalue weighted by Gasteiger charge is 2.23. The number of rotatable bonds is 5. The minimum atomic E-state index is -0.715. The van der Waals surface area contributed by atoms with Crippen LogP contribution in [-0.4, -0.2) is 36.4 Å². The fourth-order valence-corrected chi connectivity index (χ4v) is 3.96. The predicted octanol–water partition coefficient (Wildman–Crippen LogP) is 4.57. The van der Waals surface area contributed by atoms with Crippen molar-refractivity contribution < 1.29 is 9.18 Å². The second-order valence-electron chi connectivity index (χ2n) is 7.87. The summed E-state index contributed by atoms with van der Waals surface area (Å²) in [6.07, 6.45) is 5.38. The first-order valence-corrected chi connectivity index (χ1v) is 10.3. The van der Waals surface area contributed by atoms with E-state index in [0.29, 0.717) is 22.3 Å². The number of pyridine rings is 1. The van der Waals surface area contributed by atoms with Crippen molar-refractivity contribution in [2.75, 3.05) is 31.7 Å². The van der Waals surface area contributed by atoms with E-state index >= 15 is 4.39 Å². The van der Waals surface area contributed by atoms with Crippen LogP contribution in [0.2, 0.25) is 5.02 Å². The van der Waals surface area contributed by atoms with Gasteiger partial charge in [0.2, 0.25) is 0 Å². The third kappa shape index (κ3) is 4.65. The minimum Gasteiger partial charge on any atom is -0.398 e. The monoisotopic (exact) mass is 429 g/mol. The van der Waals surface area contributed by atoms with Crippen molar-refractivity contribution >= 4 is 29.0 Å². The second-order valence-corrected chi connectivity index (χ2v) is 8.28. The predicted molar refractivity (Wildman–Crippen MR) is 117 cm³/mol. The number of nitrogens with one attached hydrogen (secondary N) is 1. The number of nitrogen functional groups attached to an aromatic ring is 1. The number of carbonyl (C=O) groups is 1. The van der Waals surface area contributed by atoms with Crippen molar-refractivity contribution in [2.45, 2.75) is 25.7 Å². The average molecular weight is 430 g/mol. The molecule has 0 radical (unpaired) electrons. The highest BCUT2D eigenvalue weighted by molar-refractivity contribution is 6.33. The first-order chi connectivity index (χ1) is 14.3. The standard InChI is InChI=1S/C22H25ClFN5O/c1-29(2)22(30)20-18(26)8-7-15(21(20)24)16-12-28-19(9-17(16)23)27-11-14-5-3-13(10-25)4-6-14/h7-9,12-14H,3-6,11,26H2,1-2H3,(H,27,28). The van der Waals surface area contributed by atoms with Gasteiger partial charge in [0.1, 0.15) is 11.6 Å². The van der Waals surface area contributed by atoms with Gasteiger partial charge in [0.25, 0.3) is 5.91 Å². The molecule has 0 bridgehead atoms.